The van der Waals surface area contributed by atoms with E-state index >= 15 is 0 Å². The first kappa shape index (κ1) is 13.6. The maximum Gasteiger partial charge on any atom is 0.287 e. The Labute approximate surface area is 101 Å². The summed E-state index contributed by atoms with van der Waals surface area (Å²) in [4.78, 5) is 14.2. The Bertz CT molecular complexity index is 382. The Morgan fingerprint density at radius 3 is 2.47 bits per heavy atom. The van der Waals surface area contributed by atoms with E-state index in [1.54, 1.807) is 6.07 Å². The molecule has 1 rings (SSSR count). The van der Waals surface area contributed by atoms with E-state index in [2.05, 4.69) is 31.1 Å². The number of hydrogen-bond acceptors (Lipinski definition) is 4. The quantitative estimate of drug-likeness (QED) is 0.643. The standard InChI is InChI=1S/C12H19N3O2/c1-12(2,3)11(13-4)7-9-5-6-10(8-14-9)15(16)17/h5-6,8,11,13H,7H2,1-4H3. The lowest BCUT2D eigenvalue weighted by molar-refractivity contribution is -0.385. The van der Waals surface area contributed by atoms with Gasteiger partial charge < -0.3 is 5.32 Å². The normalized spacial score (nSPS) is 13.4. The molecule has 0 aliphatic rings. The van der Waals surface area contributed by atoms with Crippen LogP contribution < -0.4 is 5.32 Å². The zero-order valence-electron chi connectivity index (χ0n) is 10.7. The largest absolute Gasteiger partial charge is 0.316 e. The molecule has 0 fully saturated rings. The van der Waals surface area contributed by atoms with E-state index < -0.39 is 4.92 Å². The van der Waals surface area contributed by atoms with Crippen LogP contribution >= 0.6 is 0 Å². The van der Waals surface area contributed by atoms with E-state index in [1.165, 1.54) is 12.3 Å². The van der Waals surface area contributed by atoms with Crippen molar-refractivity contribution in [2.75, 3.05) is 7.05 Å². The molecular formula is C12H19N3O2. The van der Waals surface area contributed by atoms with Crippen LogP contribution in [0.4, 0.5) is 5.69 Å². The fourth-order valence-corrected chi connectivity index (χ4v) is 1.70. The summed E-state index contributed by atoms with van der Waals surface area (Å²) >= 11 is 0. The minimum absolute atomic E-state index is 0.0329. The highest BCUT2D eigenvalue weighted by molar-refractivity contribution is 5.27. The van der Waals surface area contributed by atoms with Crippen molar-refractivity contribution in [3.63, 3.8) is 0 Å². The molecule has 1 unspecified atom stereocenters. The molecule has 0 aliphatic carbocycles. The van der Waals surface area contributed by atoms with Gasteiger partial charge in [-0.1, -0.05) is 20.8 Å². The second-order valence-electron chi connectivity index (χ2n) is 5.18. The third-order valence-corrected chi connectivity index (χ3v) is 2.83. The number of pyridine rings is 1. The number of rotatable bonds is 4. The predicted octanol–water partition coefficient (Wildman–Crippen LogP) is 2.17. The SMILES string of the molecule is CNC(Cc1ccc([N+](=O)[O-])cn1)C(C)(C)C. The second-order valence-corrected chi connectivity index (χ2v) is 5.18. The highest BCUT2D eigenvalue weighted by Gasteiger charge is 2.23. The molecule has 0 amide bonds. The Morgan fingerprint density at radius 2 is 2.12 bits per heavy atom. The molecule has 0 aliphatic heterocycles. The summed E-state index contributed by atoms with van der Waals surface area (Å²) in [7, 11) is 1.92. The molecule has 17 heavy (non-hydrogen) atoms. The molecule has 0 spiro atoms. The Morgan fingerprint density at radius 1 is 1.47 bits per heavy atom. The first-order valence-electron chi connectivity index (χ1n) is 5.61. The van der Waals surface area contributed by atoms with Crippen LogP contribution in [0.5, 0.6) is 0 Å². The van der Waals surface area contributed by atoms with Crippen LogP contribution in [0.1, 0.15) is 26.5 Å². The number of aromatic nitrogens is 1. The summed E-state index contributed by atoms with van der Waals surface area (Å²) in [5.41, 5.74) is 1.02. The number of hydrogen-bond donors (Lipinski definition) is 1. The van der Waals surface area contributed by atoms with Crippen molar-refractivity contribution in [2.24, 2.45) is 5.41 Å². The number of nitrogens with one attached hydrogen (secondary N) is 1. The summed E-state index contributed by atoms with van der Waals surface area (Å²) < 4.78 is 0. The van der Waals surface area contributed by atoms with E-state index in [1.807, 2.05) is 7.05 Å². The number of nitrogens with zero attached hydrogens (tertiary/aromatic N) is 2. The van der Waals surface area contributed by atoms with Crippen LogP contribution in [0.15, 0.2) is 18.3 Å². The van der Waals surface area contributed by atoms with Gasteiger partial charge in [0.25, 0.3) is 5.69 Å². The first-order chi connectivity index (χ1) is 7.84. The van der Waals surface area contributed by atoms with Crippen molar-refractivity contribution in [2.45, 2.75) is 33.2 Å². The predicted molar refractivity (Wildman–Crippen MR) is 66.9 cm³/mol. The van der Waals surface area contributed by atoms with E-state index in [4.69, 9.17) is 0 Å². The monoisotopic (exact) mass is 237 g/mol. The Kier molecular flexibility index (Phi) is 4.17. The van der Waals surface area contributed by atoms with E-state index in [0.717, 1.165) is 12.1 Å². The molecule has 5 heteroatoms. The van der Waals surface area contributed by atoms with Gasteiger partial charge in [0.1, 0.15) is 6.20 Å². The molecule has 5 nitrogen and oxygen atoms in total. The fraction of sp³-hybridized carbons (Fsp3) is 0.583. The van der Waals surface area contributed by atoms with Gasteiger partial charge in [-0.15, -0.1) is 0 Å². The summed E-state index contributed by atoms with van der Waals surface area (Å²) in [6.45, 7) is 6.46. The summed E-state index contributed by atoms with van der Waals surface area (Å²) in [6, 6.07) is 3.50. The van der Waals surface area contributed by atoms with Crippen molar-refractivity contribution in [1.82, 2.24) is 10.3 Å². The van der Waals surface area contributed by atoms with E-state index in [0.29, 0.717) is 0 Å². The maximum absolute atomic E-state index is 10.5. The topological polar surface area (TPSA) is 68.1 Å². The zero-order chi connectivity index (χ0) is 13.1. The number of nitro groups is 1. The lowest BCUT2D eigenvalue weighted by Crippen LogP contribution is -2.39. The average Bonchev–Trinajstić information content (AvgIpc) is 2.24. The van der Waals surface area contributed by atoms with Crippen molar-refractivity contribution < 1.29 is 4.92 Å². The fourth-order valence-electron chi connectivity index (χ4n) is 1.70. The van der Waals surface area contributed by atoms with Crippen LogP contribution in [-0.2, 0) is 6.42 Å². The summed E-state index contributed by atoms with van der Waals surface area (Å²) in [6.07, 6.45) is 2.07. The maximum atomic E-state index is 10.5. The van der Waals surface area contributed by atoms with Crippen LogP contribution in [0.25, 0.3) is 0 Å². The minimum atomic E-state index is -0.434. The second kappa shape index (κ2) is 5.23. The van der Waals surface area contributed by atoms with Crippen molar-refractivity contribution >= 4 is 5.69 Å². The summed E-state index contributed by atoms with van der Waals surface area (Å²) in [5, 5.41) is 13.8. The highest BCUT2D eigenvalue weighted by atomic mass is 16.6. The van der Waals surface area contributed by atoms with Gasteiger partial charge in [0.05, 0.1) is 4.92 Å². The van der Waals surface area contributed by atoms with E-state index in [9.17, 15) is 10.1 Å². The molecule has 0 aromatic carbocycles. The third-order valence-electron chi connectivity index (χ3n) is 2.83. The Balaban J connectivity index is 2.78. The lowest BCUT2D eigenvalue weighted by Gasteiger charge is -2.30. The smallest absolute Gasteiger partial charge is 0.287 e. The van der Waals surface area contributed by atoms with Gasteiger partial charge in [0.15, 0.2) is 0 Å². The molecule has 0 saturated carbocycles. The van der Waals surface area contributed by atoms with Crippen LogP contribution in [0.2, 0.25) is 0 Å². The van der Waals surface area contributed by atoms with Gasteiger partial charge in [-0.05, 0) is 18.5 Å². The molecule has 1 heterocycles. The highest BCUT2D eigenvalue weighted by Crippen LogP contribution is 2.22. The Hall–Kier alpha value is -1.49. The zero-order valence-corrected chi connectivity index (χ0v) is 10.7. The molecule has 1 N–H and O–H groups in total. The van der Waals surface area contributed by atoms with Gasteiger partial charge in [-0.3, -0.25) is 15.1 Å². The molecule has 0 saturated heterocycles. The van der Waals surface area contributed by atoms with Crippen molar-refractivity contribution in [1.29, 1.82) is 0 Å². The molecular weight excluding hydrogens is 218 g/mol. The van der Waals surface area contributed by atoms with Gasteiger partial charge in [-0.2, -0.15) is 0 Å². The van der Waals surface area contributed by atoms with Gasteiger partial charge in [0, 0.05) is 24.2 Å². The minimum Gasteiger partial charge on any atom is -0.316 e. The molecule has 1 aromatic rings. The molecule has 0 radical (unpaired) electrons. The van der Waals surface area contributed by atoms with Crippen LogP contribution in [-0.4, -0.2) is 23.0 Å². The summed E-state index contributed by atoms with van der Waals surface area (Å²) in [5.74, 6) is 0. The first-order valence-corrected chi connectivity index (χ1v) is 5.61. The van der Waals surface area contributed by atoms with Gasteiger partial charge in [-0.25, -0.2) is 0 Å². The van der Waals surface area contributed by atoms with Crippen LogP contribution in [0.3, 0.4) is 0 Å². The molecule has 1 aromatic heterocycles. The van der Waals surface area contributed by atoms with Gasteiger partial charge in [0.2, 0.25) is 0 Å². The van der Waals surface area contributed by atoms with Crippen molar-refractivity contribution in [3.05, 3.63) is 34.1 Å². The molecule has 94 valence electrons. The number of likely N-dealkylation sites (N-methyl/N-ethyl adjacent to an activating group) is 1. The van der Waals surface area contributed by atoms with E-state index in [-0.39, 0.29) is 17.1 Å². The third kappa shape index (κ3) is 3.78. The average molecular weight is 237 g/mol. The molecule has 0 bridgehead atoms. The van der Waals surface area contributed by atoms with Gasteiger partial charge >= 0.3 is 0 Å². The van der Waals surface area contributed by atoms with Crippen LogP contribution in [0, 0.1) is 15.5 Å². The lowest BCUT2D eigenvalue weighted by atomic mass is 9.84. The van der Waals surface area contributed by atoms with Crippen molar-refractivity contribution in [3.8, 4) is 0 Å². The molecule has 1 atom stereocenters.